The van der Waals surface area contributed by atoms with E-state index in [1.165, 1.54) is 11.4 Å². The summed E-state index contributed by atoms with van der Waals surface area (Å²) in [7, 11) is 0. The highest BCUT2D eigenvalue weighted by molar-refractivity contribution is 7.13. The topological polar surface area (TPSA) is 110 Å². The molecule has 1 fully saturated rings. The number of carbonyl (C=O) groups is 2. The summed E-state index contributed by atoms with van der Waals surface area (Å²) in [5, 5.41) is 23.9. The third-order valence-electron chi connectivity index (χ3n) is 3.92. The van der Waals surface area contributed by atoms with Crippen LogP contribution in [0.4, 0.5) is 5.00 Å². The van der Waals surface area contributed by atoms with Crippen molar-refractivity contribution in [3.8, 4) is 0 Å². The lowest BCUT2D eigenvalue weighted by Crippen LogP contribution is -2.56. The minimum absolute atomic E-state index is 0.131. The minimum atomic E-state index is -1.26. The van der Waals surface area contributed by atoms with Gasteiger partial charge < -0.3 is 10.4 Å². The van der Waals surface area contributed by atoms with Crippen LogP contribution in [0.25, 0.3) is 0 Å². The average molecular weight is 312 g/mol. The smallest absolute Gasteiger partial charge is 0.329 e. The van der Waals surface area contributed by atoms with Gasteiger partial charge in [-0.2, -0.15) is 0 Å². The molecule has 0 bridgehead atoms. The van der Waals surface area contributed by atoms with Crippen molar-refractivity contribution >= 4 is 28.2 Å². The number of carbonyl (C=O) groups excluding carboxylic acids is 1. The van der Waals surface area contributed by atoms with E-state index in [1.54, 1.807) is 0 Å². The van der Waals surface area contributed by atoms with Gasteiger partial charge >= 0.3 is 11.0 Å². The monoisotopic (exact) mass is 312 g/mol. The molecule has 1 aromatic rings. The molecule has 0 radical (unpaired) electrons. The molecule has 1 aliphatic rings. The fourth-order valence-electron chi connectivity index (χ4n) is 2.48. The Balaban J connectivity index is 2.15. The number of rotatable bonds is 4. The summed E-state index contributed by atoms with van der Waals surface area (Å²) in [5.41, 5.74) is -1.13. The first kappa shape index (κ1) is 15.4. The van der Waals surface area contributed by atoms with Crippen LogP contribution in [-0.4, -0.2) is 27.4 Å². The summed E-state index contributed by atoms with van der Waals surface area (Å²) in [4.78, 5) is 33.7. The fourth-order valence-corrected chi connectivity index (χ4v) is 3.18. The van der Waals surface area contributed by atoms with Gasteiger partial charge in [-0.3, -0.25) is 14.9 Å². The van der Waals surface area contributed by atoms with Crippen LogP contribution in [0.2, 0.25) is 0 Å². The van der Waals surface area contributed by atoms with Gasteiger partial charge in [-0.25, -0.2) is 4.79 Å². The summed E-state index contributed by atoms with van der Waals surface area (Å²) in [6.07, 6.45) is 2.22. The van der Waals surface area contributed by atoms with Gasteiger partial charge in [0.1, 0.15) is 5.54 Å². The highest BCUT2D eigenvalue weighted by Gasteiger charge is 2.42. The molecule has 2 rings (SSSR count). The highest BCUT2D eigenvalue weighted by atomic mass is 32.1. The summed E-state index contributed by atoms with van der Waals surface area (Å²) in [6, 6.07) is 1.17. The van der Waals surface area contributed by atoms with E-state index in [9.17, 15) is 24.8 Å². The number of aliphatic carboxylic acids is 1. The van der Waals surface area contributed by atoms with Crippen LogP contribution in [0, 0.1) is 16.0 Å². The molecule has 1 saturated carbocycles. The first-order valence-electron chi connectivity index (χ1n) is 6.63. The predicted octanol–water partition coefficient (Wildman–Crippen LogP) is 2.42. The molecule has 7 nitrogen and oxygen atoms in total. The first-order chi connectivity index (χ1) is 9.84. The highest BCUT2D eigenvalue weighted by Crippen LogP contribution is 2.33. The number of hydrogen-bond donors (Lipinski definition) is 2. The van der Waals surface area contributed by atoms with Gasteiger partial charge in [0.05, 0.1) is 10.5 Å². The second-order valence-corrected chi connectivity index (χ2v) is 6.34. The van der Waals surface area contributed by atoms with Crippen LogP contribution < -0.4 is 5.32 Å². The quantitative estimate of drug-likeness (QED) is 0.655. The molecule has 1 aromatic heterocycles. The molecule has 21 heavy (non-hydrogen) atoms. The van der Waals surface area contributed by atoms with Crippen molar-refractivity contribution in [2.45, 2.75) is 38.1 Å². The number of thiophene rings is 1. The number of amides is 1. The molecule has 114 valence electrons. The van der Waals surface area contributed by atoms with E-state index in [-0.39, 0.29) is 10.6 Å². The van der Waals surface area contributed by atoms with E-state index < -0.39 is 22.3 Å². The molecular weight excluding hydrogens is 296 g/mol. The summed E-state index contributed by atoms with van der Waals surface area (Å²) in [6.45, 7) is 2.05. The molecule has 2 N–H and O–H groups in total. The Morgan fingerprint density at radius 1 is 1.48 bits per heavy atom. The normalized spacial score (nSPS) is 25.3. The van der Waals surface area contributed by atoms with Gasteiger partial charge in [-0.1, -0.05) is 18.3 Å². The van der Waals surface area contributed by atoms with Crippen molar-refractivity contribution in [1.82, 2.24) is 5.32 Å². The molecule has 0 unspecified atom stereocenters. The third-order valence-corrected chi connectivity index (χ3v) is 4.80. The van der Waals surface area contributed by atoms with Gasteiger partial charge in [0.25, 0.3) is 5.91 Å². The lowest BCUT2D eigenvalue weighted by Gasteiger charge is -2.36. The maximum atomic E-state index is 12.1. The van der Waals surface area contributed by atoms with Crippen LogP contribution in [-0.2, 0) is 4.79 Å². The molecule has 1 heterocycles. The largest absolute Gasteiger partial charge is 0.480 e. The second kappa shape index (κ2) is 5.80. The van der Waals surface area contributed by atoms with Crippen LogP contribution in [0.5, 0.6) is 0 Å². The Morgan fingerprint density at radius 2 is 2.10 bits per heavy atom. The Kier molecular flexibility index (Phi) is 4.26. The van der Waals surface area contributed by atoms with Crippen molar-refractivity contribution in [1.29, 1.82) is 0 Å². The van der Waals surface area contributed by atoms with Gasteiger partial charge in [0.2, 0.25) is 0 Å². The van der Waals surface area contributed by atoms with Crippen molar-refractivity contribution in [2.24, 2.45) is 5.92 Å². The number of nitrogens with zero attached hydrogens (tertiary/aromatic N) is 1. The molecule has 1 aliphatic carbocycles. The Morgan fingerprint density at radius 3 is 2.57 bits per heavy atom. The van der Waals surface area contributed by atoms with E-state index in [2.05, 4.69) is 12.2 Å². The van der Waals surface area contributed by atoms with Crippen LogP contribution in [0.1, 0.15) is 43.0 Å². The van der Waals surface area contributed by atoms with E-state index in [0.29, 0.717) is 18.8 Å². The lowest BCUT2D eigenvalue weighted by molar-refractivity contribution is -0.380. The molecule has 0 saturated heterocycles. The minimum Gasteiger partial charge on any atom is -0.480 e. The lowest BCUT2D eigenvalue weighted by atomic mass is 9.77. The number of hydrogen-bond acceptors (Lipinski definition) is 5. The fraction of sp³-hybridized carbons (Fsp3) is 0.538. The van der Waals surface area contributed by atoms with Crippen LogP contribution in [0.15, 0.2) is 11.4 Å². The maximum absolute atomic E-state index is 12.1. The predicted molar refractivity (Wildman–Crippen MR) is 76.4 cm³/mol. The number of carboxylic acids is 1. The molecular formula is C13H16N2O5S. The molecule has 0 aliphatic heterocycles. The van der Waals surface area contributed by atoms with Crippen LogP contribution in [0.3, 0.4) is 0 Å². The molecule has 0 atom stereocenters. The molecule has 0 aromatic carbocycles. The SMILES string of the molecule is CC1CCC(NC(=O)c2csc([N+](=O)[O-])c2)(C(=O)O)CC1. The summed E-state index contributed by atoms with van der Waals surface area (Å²) < 4.78 is 0. The van der Waals surface area contributed by atoms with Gasteiger partial charge in [0.15, 0.2) is 0 Å². The number of carboxylic acid groups (broad SMARTS) is 1. The van der Waals surface area contributed by atoms with E-state index >= 15 is 0 Å². The van der Waals surface area contributed by atoms with Gasteiger partial charge in [-0.05, 0) is 31.6 Å². The Bertz CT molecular complexity index is 575. The zero-order valence-corrected chi connectivity index (χ0v) is 12.3. The van der Waals surface area contributed by atoms with E-state index in [4.69, 9.17) is 0 Å². The van der Waals surface area contributed by atoms with Crippen molar-refractivity contribution < 1.29 is 19.6 Å². The number of nitro groups is 1. The zero-order valence-electron chi connectivity index (χ0n) is 11.5. The van der Waals surface area contributed by atoms with Crippen LogP contribution >= 0.6 is 11.3 Å². The molecule has 0 spiro atoms. The third kappa shape index (κ3) is 3.21. The Labute approximate surface area is 125 Å². The molecule has 1 amide bonds. The standard InChI is InChI=1S/C13H16N2O5S/c1-8-2-4-13(5-3-8,12(17)18)14-11(16)9-6-10(15(19)20)21-7-9/h6-8H,2-5H2,1H3,(H,14,16)(H,17,18). The first-order valence-corrected chi connectivity index (χ1v) is 7.51. The van der Waals surface area contributed by atoms with Gasteiger partial charge in [0, 0.05) is 11.4 Å². The summed E-state index contributed by atoms with van der Waals surface area (Å²) in [5.74, 6) is -1.18. The number of nitrogens with one attached hydrogen (secondary N) is 1. The Hall–Kier alpha value is -1.96. The van der Waals surface area contributed by atoms with E-state index in [1.807, 2.05) is 0 Å². The van der Waals surface area contributed by atoms with Gasteiger partial charge in [-0.15, -0.1) is 0 Å². The zero-order chi connectivity index (χ0) is 15.6. The summed E-state index contributed by atoms with van der Waals surface area (Å²) >= 11 is 0.848. The maximum Gasteiger partial charge on any atom is 0.329 e. The second-order valence-electron chi connectivity index (χ2n) is 5.45. The van der Waals surface area contributed by atoms with Crippen molar-refractivity contribution in [3.63, 3.8) is 0 Å². The van der Waals surface area contributed by atoms with E-state index in [0.717, 1.165) is 24.2 Å². The van der Waals surface area contributed by atoms with Crippen molar-refractivity contribution in [2.75, 3.05) is 0 Å². The molecule has 8 heteroatoms. The van der Waals surface area contributed by atoms with Crippen molar-refractivity contribution in [3.05, 3.63) is 27.1 Å². The average Bonchev–Trinajstić information content (AvgIpc) is 2.91.